The fourth-order valence-corrected chi connectivity index (χ4v) is 8.38. The minimum atomic E-state index is -3.83. The van der Waals surface area contributed by atoms with Crippen LogP contribution in [0.1, 0.15) is 44.7 Å². The predicted molar refractivity (Wildman–Crippen MR) is 125 cm³/mol. The van der Waals surface area contributed by atoms with Gasteiger partial charge in [-0.15, -0.1) is 0 Å². The van der Waals surface area contributed by atoms with Gasteiger partial charge in [-0.2, -0.15) is 4.31 Å². The van der Waals surface area contributed by atoms with Crippen LogP contribution in [0.5, 0.6) is 5.75 Å². The predicted octanol–water partition coefficient (Wildman–Crippen LogP) is 4.07. The molecule has 2 aromatic rings. The Morgan fingerprint density at radius 1 is 1.15 bits per heavy atom. The second-order valence-electron chi connectivity index (χ2n) is 10.3. The molecule has 2 aliphatic heterocycles. The number of aryl methyl sites for hydroxylation is 1. The minimum absolute atomic E-state index is 0.0314. The van der Waals surface area contributed by atoms with Gasteiger partial charge in [0.1, 0.15) is 11.9 Å². The van der Waals surface area contributed by atoms with Crippen molar-refractivity contribution in [2.24, 2.45) is 11.3 Å². The number of ether oxygens (including phenoxy) is 2. The number of rotatable bonds is 5. The zero-order valence-corrected chi connectivity index (χ0v) is 20.4. The van der Waals surface area contributed by atoms with Crippen molar-refractivity contribution in [1.82, 2.24) is 4.31 Å². The molecule has 0 unspecified atom stereocenters. The highest BCUT2D eigenvalue weighted by Gasteiger charge is 2.72. The summed E-state index contributed by atoms with van der Waals surface area (Å²) in [6.45, 7) is 8.60. The largest absolute Gasteiger partial charge is 0.489 e. The monoisotopic (exact) mass is 469 g/mol. The van der Waals surface area contributed by atoms with Crippen molar-refractivity contribution in [1.29, 1.82) is 0 Å². The number of para-hydroxylation sites is 1. The van der Waals surface area contributed by atoms with Crippen molar-refractivity contribution in [2.75, 3.05) is 13.2 Å². The maximum absolute atomic E-state index is 14.0. The second-order valence-corrected chi connectivity index (χ2v) is 12.1. The van der Waals surface area contributed by atoms with Gasteiger partial charge in [0.25, 0.3) is 0 Å². The van der Waals surface area contributed by atoms with Gasteiger partial charge in [-0.25, -0.2) is 8.42 Å². The summed E-state index contributed by atoms with van der Waals surface area (Å²) in [6.07, 6.45) is 0.714. The first-order valence-corrected chi connectivity index (χ1v) is 13.1. The summed E-state index contributed by atoms with van der Waals surface area (Å²) in [4.78, 5) is 13.0. The van der Waals surface area contributed by atoms with Gasteiger partial charge in [0.05, 0.1) is 23.3 Å². The highest BCUT2D eigenvalue weighted by atomic mass is 32.2. The quantitative estimate of drug-likeness (QED) is 0.618. The molecule has 1 aliphatic carbocycles. The molecule has 33 heavy (non-hydrogen) atoms. The Labute approximate surface area is 195 Å². The molecule has 0 aromatic heterocycles. The molecule has 0 N–H and O–H groups in total. The number of sulfonamides is 1. The van der Waals surface area contributed by atoms with Crippen molar-refractivity contribution >= 4 is 16.0 Å². The molecule has 2 fully saturated rings. The van der Waals surface area contributed by atoms with Crippen LogP contribution in [-0.2, 0) is 25.0 Å². The van der Waals surface area contributed by atoms with Crippen molar-refractivity contribution in [3.05, 3.63) is 59.7 Å². The molecule has 1 saturated heterocycles. The number of carbonyl (C=O) groups is 1. The van der Waals surface area contributed by atoms with Gasteiger partial charge in [0.2, 0.25) is 10.0 Å². The van der Waals surface area contributed by atoms with Crippen molar-refractivity contribution < 1.29 is 22.7 Å². The molecule has 2 heterocycles. The molecule has 1 spiro atoms. The number of carbonyl (C=O) groups excluding carboxylic acids is 1. The fraction of sp³-hybridized carbons (Fsp3) is 0.500. The Morgan fingerprint density at radius 2 is 1.85 bits per heavy atom. The maximum Gasteiger partial charge on any atom is 0.307 e. The molecule has 3 aliphatic rings. The van der Waals surface area contributed by atoms with Crippen LogP contribution in [0.2, 0.25) is 0 Å². The first-order valence-electron chi connectivity index (χ1n) is 11.6. The molecule has 176 valence electrons. The zero-order valence-electron chi connectivity index (χ0n) is 19.6. The second kappa shape index (κ2) is 7.57. The van der Waals surface area contributed by atoms with Crippen LogP contribution in [-0.4, -0.2) is 44.0 Å². The third-order valence-electron chi connectivity index (χ3n) is 7.82. The molecule has 0 radical (unpaired) electrons. The van der Waals surface area contributed by atoms with Gasteiger partial charge < -0.3 is 9.47 Å². The molecular weight excluding hydrogens is 438 g/mol. The summed E-state index contributed by atoms with van der Waals surface area (Å²) < 4.78 is 41.2. The Kier molecular flexibility index (Phi) is 5.14. The number of hydrogen-bond acceptors (Lipinski definition) is 5. The molecular formula is C26H31NO5S. The summed E-state index contributed by atoms with van der Waals surface area (Å²) in [5, 5.41) is 0. The van der Waals surface area contributed by atoms with Gasteiger partial charge in [0, 0.05) is 18.2 Å². The number of hydrogen-bond donors (Lipinski definition) is 0. The summed E-state index contributed by atoms with van der Waals surface area (Å²) in [5.41, 5.74) is 1.34. The van der Waals surface area contributed by atoms with E-state index in [4.69, 9.17) is 9.47 Å². The first kappa shape index (κ1) is 22.4. The van der Waals surface area contributed by atoms with Gasteiger partial charge in [-0.3, -0.25) is 4.79 Å². The first-order chi connectivity index (χ1) is 15.6. The van der Waals surface area contributed by atoms with E-state index in [0.29, 0.717) is 6.54 Å². The molecule has 1 saturated carbocycles. The maximum atomic E-state index is 14.0. The third kappa shape index (κ3) is 3.23. The molecule has 6 nitrogen and oxygen atoms in total. The van der Waals surface area contributed by atoms with Gasteiger partial charge in [-0.05, 0) is 49.8 Å². The van der Waals surface area contributed by atoms with Crippen molar-refractivity contribution in [2.45, 2.75) is 63.0 Å². The zero-order chi connectivity index (χ0) is 23.6. The summed E-state index contributed by atoms with van der Waals surface area (Å²) >= 11 is 0. The number of esters is 1. The van der Waals surface area contributed by atoms with E-state index < -0.39 is 21.5 Å². The average molecular weight is 470 g/mol. The van der Waals surface area contributed by atoms with E-state index in [1.807, 2.05) is 37.3 Å². The highest BCUT2D eigenvalue weighted by Crippen LogP contribution is 2.66. The van der Waals surface area contributed by atoms with E-state index in [1.54, 1.807) is 23.4 Å². The van der Waals surface area contributed by atoms with Gasteiger partial charge in [0.15, 0.2) is 0 Å². The lowest BCUT2D eigenvalue weighted by Crippen LogP contribution is -2.43. The van der Waals surface area contributed by atoms with Crippen LogP contribution in [0, 0.1) is 18.3 Å². The van der Waals surface area contributed by atoms with Crippen LogP contribution >= 0.6 is 0 Å². The lowest BCUT2D eigenvalue weighted by molar-refractivity contribution is -0.144. The Balaban J connectivity index is 1.67. The lowest BCUT2D eigenvalue weighted by atomic mass is 9.66. The van der Waals surface area contributed by atoms with Gasteiger partial charge in [-0.1, -0.05) is 49.7 Å². The Morgan fingerprint density at radius 3 is 2.55 bits per heavy atom. The van der Waals surface area contributed by atoms with E-state index >= 15 is 0 Å². The van der Waals surface area contributed by atoms with Crippen molar-refractivity contribution in [3.63, 3.8) is 0 Å². The summed E-state index contributed by atoms with van der Waals surface area (Å²) in [5.74, 6) is 0.380. The summed E-state index contributed by atoms with van der Waals surface area (Å²) in [6, 6.07) is 14.4. The van der Waals surface area contributed by atoms with Crippen LogP contribution < -0.4 is 4.74 Å². The summed E-state index contributed by atoms with van der Waals surface area (Å²) in [7, 11) is -3.83. The van der Waals surface area contributed by atoms with Gasteiger partial charge >= 0.3 is 5.97 Å². The lowest BCUT2D eigenvalue weighted by Gasteiger charge is -2.36. The average Bonchev–Trinajstić information content (AvgIpc) is 3.32. The molecule has 7 heteroatoms. The van der Waals surface area contributed by atoms with Crippen molar-refractivity contribution in [3.8, 4) is 5.75 Å². The molecule has 0 amide bonds. The van der Waals surface area contributed by atoms with Crippen LogP contribution in [0.25, 0.3) is 0 Å². The Hall–Kier alpha value is -2.38. The van der Waals surface area contributed by atoms with Crippen LogP contribution in [0.3, 0.4) is 0 Å². The molecule has 4 atom stereocenters. The normalized spacial score (nSPS) is 29.8. The number of nitrogens with zero attached hydrogens (tertiary/aromatic N) is 1. The fourth-order valence-electron chi connectivity index (χ4n) is 6.69. The number of fused-ring (bicyclic) bond motifs is 1. The standard InChI is InChI=1S/C26H31NO5S/c1-5-31-23(28)14-20-24-25(3,4)15-22-26(24,19-8-6-7-9-21(19)32-22)16-27(20)33(29,30)18-12-10-17(2)11-13-18/h6-13,20,22,24H,5,14-16H2,1-4H3/t20-,22-,24-,26-/m0/s1. The SMILES string of the molecule is CCOC(=O)C[C@H]1[C@H]2C(C)(C)C[C@@H]3Oc4ccccc4[C@@]32CN1S(=O)(=O)c1ccc(C)cc1. The van der Waals surface area contributed by atoms with Crippen LogP contribution in [0.15, 0.2) is 53.4 Å². The molecule has 0 bridgehead atoms. The van der Waals surface area contributed by atoms with E-state index in [9.17, 15) is 13.2 Å². The smallest absolute Gasteiger partial charge is 0.307 e. The Bertz CT molecular complexity index is 1190. The van der Waals surface area contributed by atoms with E-state index in [2.05, 4.69) is 19.9 Å². The topological polar surface area (TPSA) is 72.9 Å². The molecule has 2 aromatic carbocycles. The van der Waals surface area contributed by atoms with E-state index in [1.165, 1.54) is 0 Å². The van der Waals surface area contributed by atoms with E-state index in [0.717, 1.165) is 23.3 Å². The van der Waals surface area contributed by atoms with Crippen LogP contribution in [0.4, 0.5) is 0 Å². The third-order valence-corrected chi connectivity index (χ3v) is 9.71. The minimum Gasteiger partial charge on any atom is -0.489 e. The molecule has 5 rings (SSSR count). The number of benzene rings is 2. The van der Waals surface area contributed by atoms with E-state index in [-0.39, 0.29) is 41.3 Å². The highest BCUT2D eigenvalue weighted by molar-refractivity contribution is 7.89.